The third kappa shape index (κ3) is 6.80. The van der Waals surface area contributed by atoms with Crippen LogP contribution in [0, 0.1) is 6.92 Å². The van der Waals surface area contributed by atoms with Crippen LogP contribution in [-0.2, 0) is 16.1 Å². The van der Waals surface area contributed by atoms with Crippen LogP contribution in [0.25, 0.3) is 0 Å². The summed E-state index contributed by atoms with van der Waals surface area (Å²) in [6, 6.07) is 11.0. The van der Waals surface area contributed by atoms with E-state index in [0.717, 1.165) is 11.1 Å². The first-order valence-electron chi connectivity index (χ1n) is 9.20. The molecule has 0 saturated heterocycles. The van der Waals surface area contributed by atoms with Gasteiger partial charge in [0.05, 0.1) is 24.5 Å². The average Bonchev–Trinajstić information content (AvgIpc) is 2.70. The third-order valence-corrected chi connectivity index (χ3v) is 4.06. The maximum Gasteiger partial charge on any atom is 0.329 e. The summed E-state index contributed by atoms with van der Waals surface area (Å²) >= 11 is 6.23. The number of ether oxygens (including phenoxy) is 2. The van der Waals surface area contributed by atoms with E-state index in [0.29, 0.717) is 35.3 Å². The molecule has 0 spiro atoms. The van der Waals surface area contributed by atoms with Gasteiger partial charge in [0.1, 0.15) is 0 Å². The Morgan fingerprint density at radius 2 is 1.76 bits per heavy atom. The molecule has 0 aromatic heterocycles. The number of carbonyl (C=O) groups excluding carboxylic acids is 2. The summed E-state index contributed by atoms with van der Waals surface area (Å²) in [5.74, 6) is -0.712. The van der Waals surface area contributed by atoms with Gasteiger partial charge in [0, 0.05) is 6.54 Å². The largest absolute Gasteiger partial charge is 0.490 e. The van der Waals surface area contributed by atoms with Gasteiger partial charge in [-0.2, -0.15) is 5.10 Å². The fraction of sp³-hybridized carbons (Fsp3) is 0.286. The summed E-state index contributed by atoms with van der Waals surface area (Å²) in [4.78, 5) is 23.8. The molecule has 0 aliphatic heterocycles. The first-order valence-corrected chi connectivity index (χ1v) is 9.58. The highest BCUT2D eigenvalue weighted by atomic mass is 35.5. The molecule has 0 heterocycles. The van der Waals surface area contributed by atoms with Crippen molar-refractivity contribution in [3.8, 4) is 11.5 Å². The maximum atomic E-state index is 11.9. The van der Waals surface area contributed by atoms with E-state index in [1.807, 2.05) is 45.0 Å². The van der Waals surface area contributed by atoms with E-state index in [9.17, 15) is 9.59 Å². The minimum atomic E-state index is -0.865. The van der Waals surface area contributed by atoms with Gasteiger partial charge in [-0.3, -0.25) is 9.59 Å². The summed E-state index contributed by atoms with van der Waals surface area (Å²) in [5.41, 5.74) is 4.79. The van der Waals surface area contributed by atoms with E-state index >= 15 is 0 Å². The highest BCUT2D eigenvalue weighted by molar-refractivity contribution is 6.35. The Bertz CT molecular complexity index is 882. The predicted molar refractivity (Wildman–Crippen MR) is 113 cm³/mol. The van der Waals surface area contributed by atoms with Crippen LogP contribution >= 0.6 is 11.6 Å². The zero-order valence-corrected chi connectivity index (χ0v) is 17.4. The molecule has 0 bridgehead atoms. The number of amides is 2. The van der Waals surface area contributed by atoms with Gasteiger partial charge >= 0.3 is 11.8 Å². The molecule has 0 unspecified atom stereocenters. The van der Waals surface area contributed by atoms with E-state index in [4.69, 9.17) is 21.1 Å². The summed E-state index contributed by atoms with van der Waals surface area (Å²) < 4.78 is 11.0. The van der Waals surface area contributed by atoms with Crippen LogP contribution in [0.4, 0.5) is 0 Å². The molecule has 2 aromatic carbocycles. The summed E-state index contributed by atoms with van der Waals surface area (Å²) in [7, 11) is 0. The van der Waals surface area contributed by atoms with Crippen molar-refractivity contribution in [2.75, 3.05) is 13.2 Å². The molecule has 0 atom stereocenters. The second kappa shape index (κ2) is 11.1. The smallest absolute Gasteiger partial charge is 0.329 e. The number of rotatable bonds is 8. The zero-order chi connectivity index (χ0) is 21.2. The Kier molecular flexibility index (Phi) is 8.48. The number of benzene rings is 2. The number of hydrazone groups is 1. The summed E-state index contributed by atoms with van der Waals surface area (Å²) in [5, 5.41) is 6.71. The molecular formula is C21H24ClN3O4. The number of nitrogens with one attached hydrogen (secondary N) is 2. The Labute approximate surface area is 175 Å². The van der Waals surface area contributed by atoms with Gasteiger partial charge in [0.25, 0.3) is 0 Å². The van der Waals surface area contributed by atoms with Gasteiger partial charge in [-0.25, -0.2) is 5.43 Å². The van der Waals surface area contributed by atoms with Gasteiger partial charge in [-0.15, -0.1) is 0 Å². The standard InChI is InChI=1S/C21H24ClN3O4/c1-4-28-18-11-16(10-17(22)19(18)29-5-2)13-24-25-21(27)20(26)23-12-15-8-6-14(3)7-9-15/h6-11,13H,4-5,12H2,1-3H3,(H,23,26)(H,25,27)/b24-13-. The second-order valence-corrected chi connectivity index (χ2v) is 6.47. The van der Waals surface area contributed by atoms with E-state index in [1.54, 1.807) is 12.1 Å². The SMILES string of the molecule is CCOc1cc(/C=N\NC(=O)C(=O)NCc2ccc(C)cc2)cc(Cl)c1OCC. The molecule has 154 valence electrons. The minimum Gasteiger partial charge on any atom is -0.490 e. The zero-order valence-electron chi connectivity index (χ0n) is 16.6. The minimum absolute atomic E-state index is 0.252. The van der Waals surface area contributed by atoms with Crippen LogP contribution in [0.1, 0.15) is 30.5 Å². The Morgan fingerprint density at radius 1 is 1.07 bits per heavy atom. The van der Waals surface area contributed by atoms with Gasteiger partial charge in [0.15, 0.2) is 11.5 Å². The molecular weight excluding hydrogens is 394 g/mol. The molecule has 0 aliphatic rings. The van der Waals surface area contributed by atoms with Crippen LogP contribution in [0.5, 0.6) is 11.5 Å². The van der Waals surface area contributed by atoms with Crippen LogP contribution < -0.4 is 20.2 Å². The number of carbonyl (C=O) groups is 2. The molecule has 2 N–H and O–H groups in total. The first kappa shape index (κ1) is 22.2. The van der Waals surface area contributed by atoms with Crippen molar-refractivity contribution in [1.82, 2.24) is 10.7 Å². The molecule has 2 rings (SSSR count). The lowest BCUT2D eigenvalue weighted by molar-refractivity contribution is -0.139. The number of hydrogen-bond donors (Lipinski definition) is 2. The lowest BCUT2D eigenvalue weighted by atomic mass is 10.1. The molecule has 7 nitrogen and oxygen atoms in total. The Balaban J connectivity index is 1.94. The molecule has 29 heavy (non-hydrogen) atoms. The van der Waals surface area contributed by atoms with Crippen molar-refractivity contribution in [3.05, 3.63) is 58.1 Å². The van der Waals surface area contributed by atoms with Crippen molar-refractivity contribution < 1.29 is 19.1 Å². The van der Waals surface area contributed by atoms with E-state index in [2.05, 4.69) is 15.8 Å². The fourth-order valence-corrected chi connectivity index (χ4v) is 2.67. The van der Waals surface area contributed by atoms with Gasteiger partial charge < -0.3 is 14.8 Å². The van der Waals surface area contributed by atoms with Crippen LogP contribution in [0.15, 0.2) is 41.5 Å². The predicted octanol–water partition coefficient (Wildman–Crippen LogP) is 3.21. The van der Waals surface area contributed by atoms with Crippen molar-refractivity contribution in [2.24, 2.45) is 5.10 Å². The molecule has 0 fully saturated rings. The van der Waals surface area contributed by atoms with Gasteiger partial charge in [-0.1, -0.05) is 41.4 Å². The second-order valence-electron chi connectivity index (χ2n) is 6.06. The topological polar surface area (TPSA) is 89.0 Å². The Hall–Kier alpha value is -3.06. The van der Waals surface area contributed by atoms with E-state index in [1.165, 1.54) is 6.21 Å². The van der Waals surface area contributed by atoms with Crippen molar-refractivity contribution in [3.63, 3.8) is 0 Å². The molecule has 2 aromatic rings. The molecule has 0 aliphatic carbocycles. The third-order valence-electron chi connectivity index (χ3n) is 3.78. The molecule has 2 amide bonds. The maximum absolute atomic E-state index is 11.9. The van der Waals surface area contributed by atoms with Crippen molar-refractivity contribution >= 4 is 29.6 Å². The monoisotopic (exact) mass is 417 g/mol. The average molecular weight is 418 g/mol. The highest BCUT2D eigenvalue weighted by Gasteiger charge is 2.13. The Morgan fingerprint density at radius 3 is 2.41 bits per heavy atom. The highest BCUT2D eigenvalue weighted by Crippen LogP contribution is 2.36. The van der Waals surface area contributed by atoms with Crippen LogP contribution in [0.2, 0.25) is 5.02 Å². The number of aryl methyl sites for hydroxylation is 1. The lowest BCUT2D eigenvalue weighted by Crippen LogP contribution is -2.37. The van der Waals surface area contributed by atoms with Gasteiger partial charge in [0.2, 0.25) is 0 Å². The van der Waals surface area contributed by atoms with Gasteiger partial charge in [-0.05, 0) is 44.0 Å². The van der Waals surface area contributed by atoms with Crippen LogP contribution in [0.3, 0.4) is 0 Å². The van der Waals surface area contributed by atoms with Crippen molar-refractivity contribution in [1.29, 1.82) is 0 Å². The lowest BCUT2D eigenvalue weighted by Gasteiger charge is -2.13. The fourth-order valence-electron chi connectivity index (χ4n) is 2.39. The quantitative estimate of drug-likeness (QED) is 0.392. The van der Waals surface area contributed by atoms with Crippen LogP contribution in [-0.4, -0.2) is 31.2 Å². The number of hydrogen-bond acceptors (Lipinski definition) is 5. The molecule has 0 radical (unpaired) electrons. The molecule has 0 saturated carbocycles. The molecule has 8 heteroatoms. The summed E-state index contributed by atoms with van der Waals surface area (Å²) in [6.45, 7) is 6.81. The number of halogens is 1. The summed E-state index contributed by atoms with van der Waals surface area (Å²) in [6.07, 6.45) is 1.37. The van der Waals surface area contributed by atoms with Crippen molar-refractivity contribution in [2.45, 2.75) is 27.3 Å². The van der Waals surface area contributed by atoms with E-state index < -0.39 is 11.8 Å². The number of nitrogens with zero attached hydrogens (tertiary/aromatic N) is 1. The van der Waals surface area contributed by atoms with E-state index in [-0.39, 0.29) is 6.54 Å². The first-order chi connectivity index (χ1) is 13.9. The normalized spacial score (nSPS) is 10.6.